The molecule has 0 nitrogen and oxygen atoms in total. The van der Waals surface area contributed by atoms with Crippen LogP contribution in [0, 0.1) is 5.82 Å². The highest BCUT2D eigenvalue weighted by Gasteiger charge is 2.17. The van der Waals surface area contributed by atoms with Gasteiger partial charge in [0.2, 0.25) is 0 Å². The lowest BCUT2D eigenvalue weighted by Gasteiger charge is -2.02. The maximum atomic E-state index is 12.7. The van der Waals surface area contributed by atoms with Gasteiger partial charge >= 0.3 is 0 Å². The van der Waals surface area contributed by atoms with Crippen molar-refractivity contribution in [1.82, 2.24) is 0 Å². The third-order valence-corrected chi connectivity index (χ3v) is 2.48. The molecular weight excluding hydrogens is 163 g/mol. The van der Waals surface area contributed by atoms with Gasteiger partial charge in [0.25, 0.3) is 0 Å². The van der Waals surface area contributed by atoms with E-state index in [1.54, 1.807) is 12.1 Å². The number of rotatable bonds is 0. The van der Waals surface area contributed by atoms with Gasteiger partial charge in [-0.2, -0.15) is 0 Å². The predicted molar refractivity (Wildman–Crippen MR) is 54.5 cm³/mol. The number of halogens is 1. The van der Waals surface area contributed by atoms with Gasteiger partial charge in [0.1, 0.15) is 5.82 Å². The zero-order chi connectivity index (χ0) is 9.84. The molecular formula is C12H17F. The Labute approximate surface area is 79.8 Å². The average molecular weight is 180 g/mol. The molecule has 1 atom stereocenters. The van der Waals surface area contributed by atoms with E-state index in [1.807, 2.05) is 19.9 Å². The molecule has 0 aliphatic heterocycles. The van der Waals surface area contributed by atoms with Crippen LogP contribution in [-0.2, 0) is 6.42 Å². The number of hydrogen-bond donors (Lipinski definition) is 0. The van der Waals surface area contributed by atoms with Gasteiger partial charge in [-0.05, 0) is 42.0 Å². The van der Waals surface area contributed by atoms with E-state index in [-0.39, 0.29) is 5.82 Å². The maximum Gasteiger partial charge on any atom is 0.123 e. The van der Waals surface area contributed by atoms with Gasteiger partial charge in [-0.25, -0.2) is 4.39 Å². The van der Waals surface area contributed by atoms with Crippen LogP contribution in [0.1, 0.15) is 44.2 Å². The minimum atomic E-state index is -0.0992. The van der Waals surface area contributed by atoms with Crippen LogP contribution in [-0.4, -0.2) is 0 Å². The summed E-state index contributed by atoms with van der Waals surface area (Å²) in [6.07, 6.45) is 2.23. The SMILES string of the molecule is CC.C[C@@H]1CCc2cc(F)ccc21. The average Bonchev–Trinajstić information content (AvgIpc) is 2.51. The van der Waals surface area contributed by atoms with Crippen molar-refractivity contribution in [2.24, 2.45) is 0 Å². The van der Waals surface area contributed by atoms with Crippen LogP contribution in [0.4, 0.5) is 4.39 Å². The standard InChI is InChI=1S/C10H11F.C2H6/c1-7-2-3-8-6-9(11)4-5-10(7)8;1-2/h4-7H,2-3H2,1H3;1-2H3/t7-;/m1./s1. The van der Waals surface area contributed by atoms with Crippen molar-refractivity contribution >= 4 is 0 Å². The van der Waals surface area contributed by atoms with Crippen molar-refractivity contribution in [3.63, 3.8) is 0 Å². The molecule has 1 aliphatic rings. The van der Waals surface area contributed by atoms with Gasteiger partial charge in [0.15, 0.2) is 0 Å². The molecule has 0 spiro atoms. The zero-order valence-electron chi connectivity index (χ0n) is 8.60. The van der Waals surface area contributed by atoms with Crippen LogP contribution in [0.3, 0.4) is 0 Å². The summed E-state index contributed by atoms with van der Waals surface area (Å²) in [5.74, 6) is 0.531. The van der Waals surface area contributed by atoms with Crippen molar-refractivity contribution in [2.75, 3.05) is 0 Å². The molecule has 1 aromatic carbocycles. The number of benzene rings is 1. The largest absolute Gasteiger partial charge is 0.207 e. The number of fused-ring (bicyclic) bond motifs is 1. The molecule has 1 heteroatoms. The Morgan fingerprint density at radius 3 is 2.69 bits per heavy atom. The van der Waals surface area contributed by atoms with E-state index < -0.39 is 0 Å². The summed E-state index contributed by atoms with van der Waals surface area (Å²) in [6.45, 7) is 6.20. The van der Waals surface area contributed by atoms with Gasteiger partial charge in [0.05, 0.1) is 0 Å². The topological polar surface area (TPSA) is 0 Å². The van der Waals surface area contributed by atoms with Gasteiger partial charge in [-0.3, -0.25) is 0 Å². The lowest BCUT2D eigenvalue weighted by Crippen LogP contribution is -1.86. The van der Waals surface area contributed by atoms with Gasteiger partial charge in [-0.1, -0.05) is 26.8 Å². The third kappa shape index (κ3) is 2.09. The number of hydrogen-bond acceptors (Lipinski definition) is 0. The molecule has 0 heterocycles. The van der Waals surface area contributed by atoms with Crippen LogP contribution >= 0.6 is 0 Å². The van der Waals surface area contributed by atoms with Crippen LogP contribution in [0.15, 0.2) is 18.2 Å². The summed E-state index contributed by atoms with van der Waals surface area (Å²) in [6, 6.07) is 5.14. The Hall–Kier alpha value is -0.850. The Bertz CT molecular complexity index is 278. The summed E-state index contributed by atoms with van der Waals surface area (Å²) in [7, 11) is 0. The second-order valence-corrected chi connectivity index (χ2v) is 3.28. The second kappa shape index (κ2) is 4.40. The summed E-state index contributed by atoms with van der Waals surface area (Å²) in [5.41, 5.74) is 2.55. The lowest BCUT2D eigenvalue weighted by molar-refractivity contribution is 0.626. The maximum absolute atomic E-state index is 12.7. The first-order chi connectivity index (χ1) is 6.27. The first-order valence-corrected chi connectivity index (χ1v) is 5.05. The molecule has 1 aromatic rings. The highest BCUT2D eigenvalue weighted by molar-refractivity contribution is 5.34. The first kappa shape index (κ1) is 10.2. The predicted octanol–water partition coefficient (Wildman–Crippen LogP) is 3.90. The monoisotopic (exact) mass is 180 g/mol. The van der Waals surface area contributed by atoms with Crippen molar-refractivity contribution < 1.29 is 4.39 Å². The Kier molecular flexibility index (Phi) is 3.47. The first-order valence-electron chi connectivity index (χ1n) is 5.05. The molecule has 0 saturated heterocycles. The van der Waals surface area contributed by atoms with Crippen molar-refractivity contribution in [1.29, 1.82) is 0 Å². The van der Waals surface area contributed by atoms with Gasteiger partial charge in [-0.15, -0.1) is 0 Å². The Morgan fingerprint density at radius 1 is 1.31 bits per heavy atom. The van der Waals surface area contributed by atoms with E-state index in [0.29, 0.717) is 5.92 Å². The van der Waals surface area contributed by atoms with Crippen LogP contribution in [0.2, 0.25) is 0 Å². The van der Waals surface area contributed by atoms with Crippen LogP contribution in [0.25, 0.3) is 0 Å². The third-order valence-electron chi connectivity index (χ3n) is 2.48. The van der Waals surface area contributed by atoms with Crippen molar-refractivity contribution in [3.05, 3.63) is 35.1 Å². The van der Waals surface area contributed by atoms with E-state index in [1.165, 1.54) is 17.5 Å². The quantitative estimate of drug-likeness (QED) is 0.568. The molecule has 72 valence electrons. The van der Waals surface area contributed by atoms with E-state index >= 15 is 0 Å². The zero-order valence-corrected chi connectivity index (χ0v) is 8.60. The highest BCUT2D eigenvalue weighted by Crippen LogP contribution is 2.32. The van der Waals surface area contributed by atoms with E-state index in [9.17, 15) is 4.39 Å². The summed E-state index contributed by atoms with van der Waals surface area (Å²) >= 11 is 0. The molecule has 13 heavy (non-hydrogen) atoms. The minimum absolute atomic E-state index is 0.0992. The fourth-order valence-corrected chi connectivity index (χ4v) is 1.80. The fourth-order valence-electron chi connectivity index (χ4n) is 1.80. The van der Waals surface area contributed by atoms with Crippen LogP contribution in [0.5, 0.6) is 0 Å². The van der Waals surface area contributed by atoms with Crippen molar-refractivity contribution in [2.45, 2.75) is 39.5 Å². The molecule has 0 amide bonds. The molecule has 0 radical (unpaired) electrons. The molecule has 0 unspecified atom stereocenters. The Morgan fingerprint density at radius 2 is 2.00 bits per heavy atom. The molecule has 0 saturated carbocycles. The minimum Gasteiger partial charge on any atom is -0.207 e. The van der Waals surface area contributed by atoms with Crippen LogP contribution < -0.4 is 0 Å². The molecule has 1 aliphatic carbocycles. The van der Waals surface area contributed by atoms with E-state index in [0.717, 1.165) is 6.42 Å². The fraction of sp³-hybridized carbons (Fsp3) is 0.500. The molecule has 0 aromatic heterocycles. The van der Waals surface area contributed by atoms with Gasteiger partial charge < -0.3 is 0 Å². The highest BCUT2D eigenvalue weighted by atomic mass is 19.1. The molecule has 0 bridgehead atoms. The number of aryl methyl sites for hydroxylation is 1. The smallest absolute Gasteiger partial charge is 0.123 e. The van der Waals surface area contributed by atoms with E-state index in [4.69, 9.17) is 0 Å². The van der Waals surface area contributed by atoms with Gasteiger partial charge in [0, 0.05) is 0 Å². The Balaban J connectivity index is 0.000000396. The molecule has 2 rings (SSSR count). The molecule has 0 N–H and O–H groups in total. The summed E-state index contributed by atoms with van der Waals surface area (Å²) in [4.78, 5) is 0. The summed E-state index contributed by atoms with van der Waals surface area (Å²) < 4.78 is 12.7. The second-order valence-electron chi connectivity index (χ2n) is 3.28. The molecule has 0 fully saturated rings. The normalized spacial score (nSPS) is 18.9. The van der Waals surface area contributed by atoms with Crippen molar-refractivity contribution in [3.8, 4) is 0 Å². The summed E-state index contributed by atoms with van der Waals surface area (Å²) in [5, 5.41) is 0. The lowest BCUT2D eigenvalue weighted by atomic mass is 10.0. The van der Waals surface area contributed by atoms with E-state index in [2.05, 4.69) is 6.92 Å².